The highest BCUT2D eigenvalue weighted by molar-refractivity contribution is 5.95. The molecule has 186 valence electrons. The van der Waals surface area contributed by atoms with Gasteiger partial charge in [0, 0.05) is 36.9 Å². The molecule has 2 aromatic carbocycles. The van der Waals surface area contributed by atoms with E-state index in [2.05, 4.69) is 4.90 Å². The molecule has 7 nitrogen and oxygen atoms in total. The number of carbonyl (C=O) groups is 2. The quantitative estimate of drug-likeness (QED) is 0.644. The van der Waals surface area contributed by atoms with Gasteiger partial charge in [-0.1, -0.05) is 24.3 Å². The SMILES string of the molecule is CC(C)N(C(=O)OC1CN2CCC1CC2)c1ccc(-c2ccc(C(=O)N3CCOCC3)cc2)cc1. The molecule has 0 radical (unpaired) electrons. The number of ether oxygens (including phenoxy) is 2. The number of hydrogen-bond donors (Lipinski definition) is 0. The summed E-state index contributed by atoms with van der Waals surface area (Å²) in [5.41, 5.74) is 3.58. The van der Waals surface area contributed by atoms with Gasteiger partial charge in [0.05, 0.1) is 13.2 Å². The Balaban J connectivity index is 1.26. The second-order valence-corrected chi connectivity index (χ2v) is 10.1. The van der Waals surface area contributed by atoms with E-state index in [-0.39, 0.29) is 24.1 Å². The van der Waals surface area contributed by atoms with Gasteiger partial charge in [0.1, 0.15) is 6.10 Å². The maximum absolute atomic E-state index is 13.2. The topological polar surface area (TPSA) is 62.3 Å². The Morgan fingerprint density at radius 1 is 0.914 bits per heavy atom. The van der Waals surface area contributed by atoms with Crippen LogP contribution in [0.4, 0.5) is 10.5 Å². The highest BCUT2D eigenvalue weighted by Crippen LogP contribution is 2.31. The number of carbonyl (C=O) groups excluding carboxylic acids is 2. The van der Waals surface area contributed by atoms with E-state index in [9.17, 15) is 9.59 Å². The zero-order valence-electron chi connectivity index (χ0n) is 20.7. The Labute approximate surface area is 207 Å². The number of hydrogen-bond acceptors (Lipinski definition) is 5. The fraction of sp³-hybridized carbons (Fsp3) is 0.500. The van der Waals surface area contributed by atoms with Gasteiger partial charge in [0.25, 0.3) is 5.91 Å². The van der Waals surface area contributed by atoms with Crippen LogP contribution in [0.3, 0.4) is 0 Å². The minimum Gasteiger partial charge on any atom is -0.444 e. The minimum atomic E-state index is -0.266. The Morgan fingerprint density at radius 3 is 2.06 bits per heavy atom. The van der Waals surface area contributed by atoms with Crippen molar-refractivity contribution in [3.05, 3.63) is 54.1 Å². The van der Waals surface area contributed by atoms with Crippen LogP contribution in [0.15, 0.2) is 48.5 Å². The molecule has 0 N–H and O–H groups in total. The number of benzene rings is 2. The van der Waals surface area contributed by atoms with Crippen molar-refractivity contribution in [1.82, 2.24) is 9.80 Å². The van der Waals surface area contributed by atoms with Crippen molar-refractivity contribution in [2.45, 2.75) is 38.8 Å². The molecule has 7 heteroatoms. The zero-order chi connectivity index (χ0) is 24.4. The van der Waals surface area contributed by atoms with Crippen LogP contribution in [0.2, 0.25) is 0 Å². The summed E-state index contributed by atoms with van der Waals surface area (Å²) in [4.78, 5) is 31.8. The van der Waals surface area contributed by atoms with Crippen LogP contribution in [0, 0.1) is 5.92 Å². The van der Waals surface area contributed by atoms with Crippen molar-refractivity contribution in [1.29, 1.82) is 0 Å². The number of nitrogens with zero attached hydrogens (tertiary/aromatic N) is 3. The Bertz CT molecular complexity index is 1020. The van der Waals surface area contributed by atoms with Gasteiger partial charge >= 0.3 is 6.09 Å². The third-order valence-corrected chi connectivity index (χ3v) is 7.47. The molecule has 0 aromatic heterocycles. The smallest absolute Gasteiger partial charge is 0.414 e. The number of amides is 2. The minimum absolute atomic E-state index is 0.00999. The van der Waals surface area contributed by atoms with Gasteiger partial charge in [-0.3, -0.25) is 14.6 Å². The number of piperidine rings is 3. The molecule has 35 heavy (non-hydrogen) atoms. The van der Waals surface area contributed by atoms with Crippen LogP contribution >= 0.6 is 0 Å². The molecule has 4 aliphatic heterocycles. The van der Waals surface area contributed by atoms with Gasteiger partial charge in [-0.2, -0.15) is 0 Å². The number of anilines is 1. The van der Waals surface area contributed by atoms with E-state index >= 15 is 0 Å². The lowest BCUT2D eigenvalue weighted by Gasteiger charge is -2.44. The first kappa shape index (κ1) is 23.8. The third-order valence-electron chi connectivity index (χ3n) is 7.47. The molecule has 0 aliphatic carbocycles. The average molecular weight is 478 g/mol. The van der Waals surface area contributed by atoms with Crippen molar-refractivity contribution < 1.29 is 19.1 Å². The largest absolute Gasteiger partial charge is 0.444 e. The highest BCUT2D eigenvalue weighted by Gasteiger charge is 2.37. The van der Waals surface area contributed by atoms with Gasteiger partial charge in [-0.05, 0) is 81.1 Å². The molecule has 4 fully saturated rings. The molecule has 4 aliphatic rings. The summed E-state index contributed by atoms with van der Waals surface area (Å²) in [5.74, 6) is 0.530. The van der Waals surface area contributed by atoms with Crippen LogP contribution in [0.25, 0.3) is 11.1 Å². The molecule has 2 amide bonds. The molecular formula is C28H35N3O4. The van der Waals surface area contributed by atoms with Crippen molar-refractivity contribution in [2.24, 2.45) is 5.92 Å². The van der Waals surface area contributed by atoms with E-state index < -0.39 is 0 Å². The maximum Gasteiger partial charge on any atom is 0.414 e. The Kier molecular flexibility index (Phi) is 7.07. The summed E-state index contributed by atoms with van der Waals surface area (Å²) in [6, 6.07) is 15.7. The summed E-state index contributed by atoms with van der Waals surface area (Å²) in [6.45, 7) is 9.57. The molecule has 4 saturated heterocycles. The van der Waals surface area contributed by atoms with E-state index in [1.807, 2.05) is 67.3 Å². The Morgan fingerprint density at radius 2 is 1.51 bits per heavy atom. The van der Waals surface area contributed by atoms with E-state index in [4.69, 9.17) is 9.47 Å². The molecule has 0 saturated carbocycles. The summed E-state index contributed by atoms with van der Waals surface area (Å²) in [6.07, 6.45) is 1.96. The summed E-state index contributed by atoms with van der Waals surface area (Å²) in [7, 11) is 0. The average Bonchev–Trinajstić information content (AvgIpc) is 2.90. The summed E-state index contributed by atoms with van der Waals surface area (Å²) >= 11 is 0. The predicted octanol–water partition coefficient (Wildman–Crippen LogP) is 4.27. The molecule has 2 aromatic rings. The van der Waals surface area contributed by atoms with Crippen molar-refractivity contribution in [2.75, 3.05) is 50.8 Å². The van der Waals surface area contributed by atoms with Gasteiger partial charge in [-0.25, -0.2) is 4.79 Å². The molecule has 2 bridgehead atoms. The summed E-state index contributed by atoms with van der Waals surface area (Å²) < 4.78 is 11.3. The first-order valence-corrected chi connectivity index (χ1v) is 12.8. The second-order valence-electron chi connectivity index (χ2n) is 10.1. The Hall–Kier alpha value is -2.90. The van der Waals surface area contributed by atoms with E-state index in [1.54, 1.807) is 4.90 Å². The lowest BCUT2D eigenvalue weighted by molar-refractivity contribution is -0.0313. The number of morpholine rings is 1. The van der Waals surface area contributed by atoms with Crippen molar-refractivity contribution in [3.8, 4) is 11.1 Å². The van der Waals surface area contributed by atoms with Crippen LogP contribution in [-0.2, 0) is 9.47 Å². The van der Waals surface area contributed by atoms with Gasteiger partial charge in [0.2, 0.25) is 0 Å². The second kappa shape index (κ2) is 10.4. The number of fused-ring (bicyclic) bond motifs is 3. The molecule has 6 rings (SSSR count). The van der Waals surface area contributed by atoms with E-state index in [1.165, 1.54) is 0 Å². The maximum atomic E-state index is 13.2. The normalized spacial score (nSPS) is 23.9. The van der Waals surface area contributed by atoms with E-state index in [0.717, 1.165) is 49.3 Å². The molecule has 4 heterocycles. The summed E-state index contributed by atoms with van der Waals surface area (Å²) in [5, 5.41) is 0. The molecule has 0 spiro atoms. The van der Waals surface area contributed by atoms with Crippen LogP contribution in [-0.4, -0.2) is 79.9 Å². The predicted molar refractivity (Wildman–Crippen MR) is 136 cm³/mol. The van der Waals surface area contributed by atoms with Crippen LogP contribution in [0.1, 0.15) is 37.0 Å². The molecule has 1 unspecified atom stereocenters. The third kappa shape index (κ3) is 5.21. The van der Waals surface area contributed by atoms with E-state index in [0.29, 0.717) is 37.8 Å². The van der Waals surface area contributed by atoms with Crippen LogP contribution in [0.5, 0.6) is 0 Å². The van der Waals surface area contributed by atoms with Crippen molar-refractivity contribution in [3.63, 3.8) is 0 Å². The lowest BCUT2D eigenvalue weighted by Crippen LogP contribution is -2.53. The van der Waals surface area contributed by atoms with Gasteiger partial charge in [-0.15, -0.1) is 0 Å². The highest BCUT2D eigenvalue weighted by atomic mass is 16.6. The monoisotopic (exact) mass is 477 g/mol. The zero-order valence-corrected chi connectivity index (χ0v) is 20.7. The fourth-order valence-electron chi connectivity index (χ4n) is 5.41. The van der Waals surface area contributed by atoms with Crippen LogP contribution < -0.4 is 4.90 Å². The molecule has 1 atom stereocenters. The standard InChI is InChI=1S/C28H35N3O4/c1-20(2)31(28(33)35-26-19-29-13-11-23(26)12-14-29)25-9-7-22(8-10-25)21-3-5-24(6-4-21)27(32)30-15-17-34-18-16-30/h3-10,20,23,26H,11-19H2,1-2H3. The first-order chi connectivity index (χ1) is 17.0. The van der Waals surface area contributed by atoms with Crippen molar-refractivity contribution >= 4 is 17.7 Å². The lowest BCUT2D eigenvalue weighted by atomic mass is 9.86. The molecular weight excluding hydrogens is 442 g/mol. The first-order valence-electron chi connectivity index (χ1n) is 12.8. The number of rotatable bonds is 5. The van der Waals surface area contributed by atoms with Gasteiger partial charge in [0.15, 0.2) is 0 Å². The van der Waals surface area contributed by atoms with Gasteiger partial charge < -0.3 is 14.4 Å². The fourth-order valence-corrected chi connectivity index (χ4v) is 5.41.